The summed E-state index contributed by atoms with van der Waals surface area (Å²) in [6.45, 7) is 4.06. The topological polar surface area (TPSA) is 79.7 Å². The first-order valence-electron chi connectivity index (χ1n) is 10.2. The number of benzene rings is 1. The largest absolute Gasteiger partial charge is 0.506 e. The van der Waals surface area contributed by atoms with Crippen LogP contribution < -0.4 is 0 Å². The lowest BCUT2D eigenvalue weighted by molar-refractivity contribution is -0.614. The molecular weight excluding hydrogens is 372 g/mol. The predicted octanol–water partition coefficient (Wildman–Crippen LogP) is 4.77. The average Bonchev–Trinajstić information content (AvgIpc) is 2.66. The van der Waals surface area contributed by atoms with Crippen LogP contribution in [0.4, 0.5) is 0 Å². The number of hydrogen-bond donors (Lipinski definition) is 1. The molecule has 1 fully saturated rings. The molecule has 0 spiro atoms. The summed E-state index contributed by atoms with van der Waals surface area (Å²) in [6, 6.07) is 9.63. The number of thioether (sulfide) groups is 1. The van der Waals surface area contributed by atoms with E-state index in [4.69, 9.17) is 5.11 Å². The Hall–Kier alpha value is -1.69. The maximum atomic E-state index is 12.3. The lowest BCUT2D eigenvalue weighted by Crippen LogP contribution is -2.44. The van der Waals surface area contributed by atoms with Crippen LogP contribution in [-0.4, -0.2) is 45.1 Å². The van der Waals surface area contributed by atoms with Crippen LogP contribution in [0.2, 0.25) is 0 Å². The van der Waals surface area contributed by atoms with Crippen LogP contribution in [0.5, 0.6) is 0 Å². The summed E-state index contributed by atoms with van der Waals surface area (Å²) >= 11 is 1.74. The van der Waals surface area contributed by atoms with E-state index in [1.807, 2.05) is 32.0 Å². The molecule has 0 aliphatic carbocycles. The Morgan fingerprint density at radius 3 is 2.68 bits per heavy atom. The van der Waals surface area contributed by atoms with Crippen LogP contribution >= 0.6 is 11.8 Å². The first-order valence-corrected chi connectivity index (χ1v) is 11.3. The monoisotopic (exact) mass is 404 g/mol. The van der Waals surface area contributed by atoms with Crippen LogP contribution in [0.25, 0.3) is 5.53 Å². The number of nitrogens with zero attached hydrogens (tertiary/aromatic N) is 2. The third-order valence-electron chi connectivity index (χ3n) is 5.92. The van der Waals surface area contributed by atoms with E-state index in [1.54, 1.807) is 11.8 Å². The Bertz CT molecular complexity index is 680. The highest BCUT2D eigenvalue weighted by molar-refractivity contribution is 7.99. The number of carbonyl (C=O) groups excluding carboxylic acids is 1. The molecule has 3 atom stereocenters. The van der Waals surface area contributed by atoms with Crippen molar-refractivity contribution in [2.45, 2.75) is 70.9 Å². The van der Waals surface area contributed by atoms with E-state index in [0.29, 0.717) is 19.3 Å². The summed E-state index contributed by atoms with van der Waals surface area (Å²) in [4.78, 5) is 23.3. The van der Waals surface area contributed by atoms with Crippen molar-refractivity contribution in [1.29, 1.82) is 0 Å². The number of carbonyl (C=O) groups is 2. The Morgan fingerprint density at radius 1 is 1.32 bits per heavy atom. The highest BCUT2D eigenvalue weighted by atomic mass is 32.2. The smallest absolute Gasteiger partial charge is 0.303 e. The zero-order chi connectivity index (χ0) is 20.6. The van der Waals surface area contributed by atoms with Crippen LogP contribution in [-0.2, 0) is 16.0 Å². The molecule has 5 nitrogen and oxygen atoms in total. The van der Waals surface area contributed by atoms with Crippen LogP contribution in [0.1, 0.15) is 57.9 Å². The molecule has 0 bridgehead atoms. The van der Waals surface area contributed by atoms with Crippen molar-refractivity contribution in [3.05, 3.63) is 41.4 Å². The molecular formula is C22H32N2O3S. The van der Waals surface area contributed by atoms with Gasteiger partial charge in [-0.25, -0.2) is 0 Å². The molecule has 0 aromatic heterocycles. The minimum Gasteiger partial charge on any atom is -0.506 e. The number of ketones is 1. The van der Waals surface area contributed by atoms with Crippen LogP contribution in [0, 0.1) is 5.41 Å². The minimum atomic E-state index is -0.748. The third kappa shape index (κ3) is 6.73. The summed E-state index contributed by atoms with van der Waals surface area (Å²) < 4.78 is 1.29. The molecule has 2 rings (SSSR count). The normalized spacial score (nSPS) is 22.1. The number of Topliss-reactive ketones (excluding diaryl/α,β-unsaturated/α-hetero) is 1. The quantitative estimate of drug-likeness (QED) is 0.426. The summed E-state index contributed by atoms with van der Waals surface area (Å²) in [6.07, 6.45) is 4.47. The van der Waals surface area contributed by atoms with Gasteiger partial charge < -0.3 is 15.3 Å². The van der Waals surface area contributed by atoms with Crippen molar-refractivity contribution in [3.8, 4) is 0 Å². The van der Waals surface area contributed by atoms with Gasteiger partial charge in [0.05, 0.1) is 6.42 Å². The number of carboxylic acid groups (broad SMARTS) is 1. The van der Waals surface area contributed by atoms with Gasteiger partial charge in [-0.1, -0.05) is 50.6 Å². The molecule has 1 heterocycles. The first-order chi connectivity index (χ1) is 13.3. The molecule has 1 saturated heterocycles. The lowest BCUT2D eigenvalue weighted by atomic mass is 9.81. The number of rotatable bonds is 11. The molecule has 1 N–H and O–H groups in total. The maximum absolute atomic E-state index is 12.3. The van der Waals surface area contributed by atoms with Crippen molar-refractivity contribution in [2.24, 2.45) is 5.41 Å². The van der Waals surface area contributed by atoms with Crippen molar-refractivity contribution >= 4 is 23.5 Å². The van der Waals surface area contributed by atoms with Crippen molar-refractivity contribution in [1.82, 2.24) is 0 Å². The molecule has 1 aromatic carbocycles. The summed E-state index contributed by atoms with van der Waals surface area (Å²) in [7, 11) is 0. The van der Waals surface area contributed by atoms with Gasteiger partial charge in [0.1, 0.15) is 6.04 Å². The standard InChI is InChI=1S/C22H32N2O3S/c1-3-22(2,16-21(26)27)12-14-28-13-11-19-20(25)10-9-18(24(19)23)15-17-7-5-4-6-8-17/h4-8,18-19H,3,9-16H2,1-2H3,(H,26,27). The van der Waals surface area contributed by atoms with Gasteiger partial charge in [0.2, 0.25) is 6.04 Å². The lowest BCUT2D eigenvalue weighted by Gasteiger charge is -2.30. The van der Waals surface area contributed by atoms with E-state index in [-0.39, 0.29) is 23.7 Å². The molecule has 28 heavy (non-hydrogen) atoms. The van der Waals surface area contributed by atoms with Gasteiger partial charge >= 0.3 is 5.97 Å². The van der Waals surface area contributed by atoms with Gasteiger partial charge in [0.25, 0.3) is 0 Å². The molecule has 1 aromatic rings. The molecule has 3 unspecified atom stereocenters. The zero-order valence-corrected chi connectivity index (χ0v) is 17.8. The molecule has 0 saturated carbocycles. The number of carboxylic acids is 1. The first kappa shape index (κ1) is 22.6. The fourth-order valence-corrected chi connectivity index (χ4v) is 4.99. The molecule has 0 amide bonds. The Labute approximate surface area is 172 Å². The third-order valence-corrected chi connectivity index (χ3v) is 6.94. The number of piperidine rings is 1. The van der Waals surface area contributed by atoms with Gasteiger partial charge in [-0.3, -0.25) is 9.59 Å². The Kier molecular flexibility index (Phi) is 8.67. The zero-order valence-electron chi connectivity index (χ0n) is 17.0. The average molecular weight is 405 g/mol. The van der Waals surface area contributed by atoms with Gasteiger partial charge in [0.15, 0.2) is 5.78 Å². The molecule has 1 aliphatic heterocycles. The summed E-state index contributed by atoms with van der Waals surface area (Å²) in [5.41, 5.74) is 11.6. The van der Waals surface area contributed by atoms with E-state index in [0.717, 1.165) is 30.8 Å². The van der Waals surface area contributed by atoms with Gasteiger partial charge in [-0.15, -0.1) is 0 Å². The highest BCUT2D eigenvalue weighted by Crippen LogP contribution is 2.32. The van der Waals surface area contributed by atoms with Crippen LogP contribution in [0.15, 0.2) is 30.3 Å². The second-order valence-electron chi connectivity index (χ2n) is 8.13. The molecule has 1 aliphatic rings. The molecule has 6 heteroatoms. The second kappa shape index (κ2) is 10.7. The van der Waals surface area contributed by atoms with E-state index in [9.17, 15) is 15.1 Å². The number of hydrogen-bond acceptors (Lipinski definition) is 3. The SMILES string of the molecule is CCC(C)(CCSCCC1C(=O)CCC(Cc2ccccc2)[N+]1=[N-])CC(=O)O. The van der Waals surface area contributed by atoms with E-state index < -0.39 is 12.0 Å². The highest BCUT2D eigenvalue weighted by Gasteiger charge is 2.36. The maximum Gasteiger partial charge on any atom is 0.303 e. The van der Waals surface area contributed by atoms with Gasteiger partial charge in [0, 0.05) is 31.4 Å². The predicted molar refractivity (Wildman–Crippen MR) is 113 cm³/mol. The Balaban J connectivity index is 1.79. The van der Waals surface area contributed by atoms with Gasteiger partial charge in [-0.2, -0.15) is 11.8 Å². The number of aliphatic carboxylic acids is 1. The van der Waals surface area contributed by atoms with E-state index >= 15 is 0 Å². The summed E-state index contributed by atoms with van der Waals surface area (Å²) in [5, 5.41) is 9.06. The van der Waals surface area contributed by atoms with Crippen molar-refractivity contribution in [3.63, 3.8) is 0 Å². The molecule has 0 radical (unpaired) electrons. The van der Waals surface area contributed by atoms with E-state index in [2.05, 4.69) is 12.1 Å². The van der Waals surface area contributed by atoms with Crippen molar-refractivity contribution < 1.29 is 19.4 Å². The van der Waals surface area contributed by atoms with Crippen LogP contribution in [0.3, 0.4) is 0 Å². The Morgan fingerprint density at radius 2 is 2.04 bits per heavy atom. The van der Waals surface area contributed by atoms with Gasteiger partial charge in [-0.05, 0) is 23.2 Å². The molecule has 154 valence electrons. The van der Waals surface area contributed by atoms with E-state index in [1.165, 1.54) is 10.3 Å². The summed E-state index contributed by atoms with van der Waals surface area (Å²) in [5.74, 6) is 1.04. The second-order valence-corrected chi connectivity index (χ2v) is 9.35. The minimum absolute atomic E-state index is 0.0194. The fourth-order valence-electron chi connectivity index (χ4n) is 3.76. The van der Waals surface area contributed by atoms with Crippen molar-refractivity contribution in [2.75, 3.05) is 11.5 Å². The fraction of sp³-hybridized carbons (Fsp3) is 0.636.